The number of fused-ring (bicyclic) bond motifs is 1. The molecule has 35 heavy (non-hydrogen) atoms. The summed E-state index contributed by atoms with van der Waals surface area (Å²) in [5.74, 6) is 0.237. The van der Waals surface area contributed by atoms with Gasteiger partial charge in [0.05, 0.1) is 19.7 Å². The topological polar surface area (TPSA) is 72.9 Å². The summed E-state index contributed by atoms with van der Waals surface area (Å²) in [7, 11) is 4.58. The highest BCUT2D eigenvalue weighted by atomic mass is 19.2. The van der Waals surface area contributed by atoms with Gasteiger partial charge in [-0.05, 0) is 55.0 Å². The number of nitrogens with one attached hydrogen (secondary N) is 1. The molecule has 4 aromatic rings. The van der Waals surface area contributed by atoms with Gasteiger partial charge in [-0.3, -0.25) is 9.88 Å². The van der Waals surface area contributed by atoms with Crippen molar-refractivity contribution < 1.29 is 27.8 Å². The first kappa shape index (κ1) is 23.7. The Balaban J connectivity index is 1.54. The number of aryl methyl sites for hydroxylation is 1. The zero-order valence-electron chi connectivity index (χ0n) is 19.6. The van der Waals surface area contributed by atoms with E-state index in [9.17, 15) is 13.6 Å². The zero-order chi connectivity index (χ0) is 25.1. The predicted molar refractivity (Wildman–Crippen MR) is 130 cm³/mol. The maximum absolute atomic E-state index is 13.5. The molecule has 0 atom stereocenters. The fraction of sp³-hybridized carbons (Fsp3) is 0.154. The Kier molecular flexibility index (Phi) is 6.68. The highest BCUT2D eigenvalue weighted by Gasteiger charge is 2.15. The lowest BCUT2D eigenvalue weighted by Crippen LogP contribution is -2.31. The van der Waals surface area contributed by atoms with Crippen LogP contribution in [0.4, 0.5) is 25.0 Å². The van der Waals surface area contributed by atoms with Crippen LogP contribution in [0, 0.1) is 18.6 Å². The molecular weight excluding hydrogens is 456 g/mol. The Morgan fingerprint density at radius 3 is 2.34 bits per heavy atom. The highest BCUT2D eigenvalue weighted by Crippen LogP contribution is 2.37. The third kappa shape index (κ3) is 4.93. The van der Waals surface area contributed by atoms with Crippen LogP contribution < -0.4 is 24.4 Å². The molecule has 1 N–H and O–H groups in total. The average molecular weight is 479 g/mol. The minimum atomic E-state index is -1.03. The fourth-order valence-electron chi connectivity index (χ4n) is 3.51. The van der Waals surface area contributed by atoms with Crippen molar-refractivity contribution in [1.29, 1.82) is 0 Å². The van der Waals surface area contributed by atoms with Gasteiger partial charge in [0.25, 0.3) is 0 Å². The summed E-state index contributed by atoms with van der Waals surface area (Å²) in [6.45, 7) is 1.82. The SMILES string of the molecule is COc1cc2nccc(Oc3ccc(NC(=O)N(C)c4ccc(F)c(F)c4)c(C)c3)c2cc1OC. The second-order valence-electron chi connectivity index (χ2n) is 7.70. The molecule has 1 heterocycles. The molecule has 0 aliphatic carbocycles. The molecule has 180 valence electrons. The van der Waals surface area contributed by atoms with Crippen molar-refractivity contribution in [3.05, 3.63) is 78.0 Å². The van der Waals surface area contributed by atoms with Crippen LogP contribution in [0.2, 0.25) is 0 Å². The van der Waals surface area contributed by atoms with Gasteiger partial charge in [-0.25, -0.2) is 13.6 Å². The number of nitrogens with zero attached hydrogens (tertiary/aromatic N) is 2. The Labute approximate surface area is 200 Å². The van der Waals surface area contributed by atoms with E-state index in [-0.39, 0.29) is 5.69 Å². The molecular formula is C26H23F2N3O4. The maximum atomic E-state index is 13.5. The van der Waals surface area contributed by atoms with Crippen LogP contribution in [0.5, 0.6) is 23.0 Å². The lowest BCUT2D eigenvalue weighted by atomic mass is 10.1. The van der Waals surface area contributed by atoms with Crippen molar-refractivity contribution in [2.45, 2.75) is 6.92 Å². The summed E-state index contributed by atoms with van der Waals surface area (Å²) in [4.78, 5) is 18.2. The first-order valence-corrected chi connectivity index (χ1v) is 10.6. The fourth-order valence-corrected chi connectivity index (χ4v) is 3.51. The van der Waals surface area contributed by atoms with Crippen LogP contribution in [0.3, 0.4) is 0 Å². The van der Waals surface area contributed by atoms with E-state index < -0.39 is 17.7 Å². The summed E-state index contributed by atoms with van der Waals surface area (Å²) in [5, 5.41) is 3.51. The van der Waals surface area contributed by atoms with E-state index in [1.807, 2.05) is 6.92 Å². The number of methoxy groups -OCH3 is 2. The minimum Gasteiger partial charge on any atom is -0.493 e. The summed E-state index contributed by atoms with van der Waals surface area (Å²) < 4.78 is 43.6. The number of urea groups is 1. The van der Waals surface area contributed by atoms with Crippen LogP contribution in [-0.4, -0.2) is 32.3 Å². The number of hydrogen-bond acceptors (Lipinski definition) is 5. The average Bonchev–Trinajstić information content (AvgIpc) is 2.86. The van der Waals surface area contributed by atoms with Gasteiger partial charge in [0.2, 0.25) is 0 Å². The maximum Gasteiger partial charge on any atom is 0.326 e. The van der Waals surface area contributed by atoms with Crippen molar-refractivity contribution in [2.24, 2.45) is 0 Å². The van der Waals surface area contributed by atoms with Crippen molar-refractivity contribution in [2.75, 3.05) is 31.5 Å². The van der Waals surface area contributed by atoms with Gasteiger partial charge in [0.15, 0.2) is 23.1 Å². The van der Waals surface area contributed by atoms with Crippen LogP contribution in [0.1, 0.15) is 5.56 Å². The van der Waals surface area contributed by atoms with E-state index in [2.05, 4.69) is 10.3 Å². The number of halogens is 2. The van der Waals surface area contributed by atoms with E-state index in [1.165, 1.54) is 18.0 Å². The molecule has 0 saturated heterocycles. The van der Waals surface area contributed by atoms with Gasteiger partial charge in [0, 0.05) is 42.1 Å². The molecule has 4 rings (SSSR count). The van der Waals surface area contributed by atoms with Gasteiger partial charge in [-0.1, -0.05) is 0 Å². The van der Waals surface area contributed by atoms with Gasteiger partial charge in [0.1, 0.15) is 11.5 Å². The lowest BCUT2D eigenvalue weighted by molar-refractivity contribution is 0.258. The van der Waals surface area contributed by atoms with E-state index >= 15 is 0 Å². The molecule has 3 aromatic carbocycles. The summed E-state index contributed by atoms with van der Waals surface area (Å²) in [6, 6.07) is 13.3. The lowest BCUT2D eigenvalue weighted by Gasteiger charge is -2.19. The Bertz CT molecular complexity index is 1410. The molecule has 0 aliphatic heterocycles. The van der Waals surface area contributed by atoms with Gasteiger partial charge < -0.3 is 19.5 Å². The smallest absolute Gasteiger partial charge is 0.326 e. The van der Waals surface area contributed by atoms with E-state index in [0.29, 0.717) is 34.2 Å². The summed E-state index contributed by atoms with van der Waals surface area (Å²) >= 11 is 0. The Hall–Kier alpha value is -4.40. The number of ether oxygens (including phenoxy) is 3. The van der Waals surface area contributed by atoms with Gasteiger partial charge in [-0.15, -0.1) is 0 Å². The van der Waals surface area contributed by atoms with Crippen LogP contribution in [0.25, 0.3) is 10.9 Å². The Morgan fingerprint density at radius 1 is 0.914 bits per heavy atom. The normalized spacial score (nSPS) is 10.7. The summed E-state index contributed by atoms with van der Waals surface area (Å²) in [5.41, 5.74) is 2.19. The number of aromatic nitrogens is 1. The van der Waals surface area contributed by atoms with Crippen molar-refractivity contribution in [3.63, 3.8) is 0 Å². The quantitative estimate of drug-likeness (QED) is 0.351. The number of amides is 2. The van der Waals surface area contributed by atoms with E-state index in [0.717, 1.165) is 23.1 Å². The molecule has 0 bridgehead atoms. The second-order valence-corrected chi connectivity index (χ2v) is 7.70. The molecule has 0 saturated carbocycles. The number of carbonyl (C=O) groups is 1. The van der Waals surface area contributed by atoms with Gasteiger partial charge in [-0.2, -0.15) is 0 Å². The predicted octanol–water partition coefficient (Wildman–Crippen LogP) is 6.30. The first-order valence-electron chi connectivity index (χ1n) is 10.6. The number of carbonyl (C=O) groups excluding carboxylic acids is 1. The number of hydrogen-bond donors (Lipinski definition) is 1. The number of benzene rings is 3. The second kappa shape index (κ2) is 9.84. The highest BCUT2D eigenvalue weighted by molar-refractivity contribution is 6.01. The van der Waals surface area contributed by atoms with Crippen LogP contribution in [-0.2, 0) is 0 Å². The first-order chi connectivity index (χ1) is 16.8. The number of pyridine rings is 1. The molecule has 0 radical (unpaired) electrons. The molecule has 0 aliphatic rings. The molecule has 2 amide bonds. The van der Waals surface area contributed by atoms with Crippen LogP contribution in [0.15, 0.2) is 60.8 Å². The molecule has 7 nitrogen and oxygen atoms in total. The monoisotopic (exact) mass is 479 g/mol. The van der Waals surface area contributed by atoms with Crippen molar-refractivity contribution >= 4 is 28.3 Å². The standard InChI is InChI=1S/C26H23F2N3O4/c1-15-11-17(35-23-9-10-29-22-14-25(34-4)24(33-3)13-18(22)23)6-8-21(15)30-26(32)31(2)16-5-7-19(27)20(28)12-16/h5-14H,1-4H3,(H,30,32). The van der Waals surface area contributed by atoms with Crippen LogP contribution >= 0.6 is 0 Å². The Morgan fingerprint density at radius 2 is 1.66 bits per heavy atom. The minimum absolute atomic E-state index is 0.218. The zero-order valence-corrected chi connectivity index (χ0v) is 19.6. The van der Waals surface area contributed by atoms with Crippen molar-refractivity contribution in [1.82, 2.24) is 4.98 Å². The van der Waals surface area contributed by atoms with E-state index in [1.54, 1.807) is 56.8 Å². The van der Waals surface area contributed by atoms with Crippen molar-refractivity contribution in [3.8, 4) is 23.0 Å². The molecule has 0 unspecified atom stereocenters. The molecule has 0 fully saturated rings. The molecule has 0 spiro atoms. The third-order valence-electron chi connectivity index (χ3n) is 5.47. The summed E-state index contributed by atoms with van der Waals surface area (Å²) in [6.07, 6.45) is 1.64. The van der Waals surface area contributed by atoms with E-state index in [4.69, 9.17) is 14.2 Å². The number of anilines is 2. The molecule has 9 heteroatoms. The number of rotatable bonds is 6. The third-order valence-corrected chi connectivity index (χ3v) is 5.47. The largest absolute Gasteiger partial charge is 0.493 e. The molecule has 1 aromatic heterocycles. The van der Waals surface area contributed by atoms with Gasteiger partial charge >= 0.3 is 6.03 Å².